The first-order chi connectivity index (χ1) is 19.8. The van der Waals surface area contributed by atoms with Gasteiger partial charge in [0, 0.05) is 43.4 Å². The van der Waals surface area contributed by atoms with Crippen LogP contribution in [0.3, 0.4) is 0 Å². The Morgan fingerprint density at radius 3 is 2.80 bits per heavy atom. The highest BCUT2D eigenvalue weighted by molar-refractivity contribution is 7.17. The van der Waals surface area contributed by atoms with Crippen LogP contribution < -0.4 is 0 Å². The molecule has 4 heterocycles. The standard InChI is InChI=1S/C32H33N5O3S/c1-18-25(6-7-28-31(18)34-35-36(28)2)26(14-30(39)40)22-12-21-9-10-41-32(21)24(13-22)16-37-15-23(19-3-4-19)11-20-5-8-29(38)33-27(20)17-37/h5-10,12-13,19,23,26H,3-4,11,14-17H2,1-2H3,(H,33,38)(H,39,40)/t23-,26-/m1/s1. The molecule has 1 fully saturated rings. The van der Waals surface area contributed by atoms with Crippen molar-refractivity contribution in [3.63, 3.8) is 0 Å². The first-order valence-electron chi connectivity index (χ1n) is 14.2. The summed E-state index contributed by atoms with van der Waals surface area (Å²) in [5.41, 5.74) is 8.10. The normalized spacial score (nSPS) is 18.4. The minimum atomic E-state index is -0.831. The van der Waals surface area contributed by atoms with E-state index in [0.29, 0.717) is 12.5 Å². The van der Waals surface area contributed by atoms with Crippen LogP contribution in [0.15, 0.2) is 47.8 Å². The van der Waals surface area contributed by atoms with Gasteiger partial charge < -0.3 is 10.2 Å². The SMILES string of the molecule is Cc1c([C@H](CC(=O)O)c2cc(CN3Cc4nc(O)ccc4C[C@@H](C4CC4)C3)c3sccc3c2)ccc2c1nnn2C. The Labute approximate surface area is 242 Å². The maximum Gasteiger partial charge on any atom is 0.304 e. The van der Waals surface area contributed by atoms with E-state index in [2.05, 4.69) is 43.8 Å². The summed E-state index contributed by atoms with van der Waals surface area (Å²) < 4.78 is 2.98. The summed E-state index contributed by atoms with van der Waals surface area (Å²) in [6, 6.07) is 14.3. The van der Waals surface area contributed by atoms with Gasteiger partial charge in [-0.15, -0.1) is 16.4 Å². The summed E-state index contributed by atoms with van der Waals surface area (Å²) >= 11 is 1.73. The van der Waals surface area contributed by atoms with E-state index in [1.54, 1.807) is 22.1 Å². The molecule has 0 saturated heterocycles. The molecule has 2 N–H and O–H groups in total. The summed E-state index contributed by atoms with van der Waals surface area (Å²) in [7, 11) is 1.87. The Bertz CT molecular complexity index is 1790. The third-order valence-electron chi connectivity index (χ3n) is 8.97. The van der Waals surface area contributed by atoms with Crippen molar-refractivity contribution >= 4 is 38.4 Å². The van der Waals surface area contributed by atoms with E-state index in [-0.39, 0.29) is 18.2 Å². The summed E-state index contributed by atoms with van der Waals surface area (Å²) in [5.74, 6) is 0.255. The maximum atomic E-state index is 12.2. The lowest BCUT2D eigenvalue weighted by atomic mass is 9.84. The highest BCUT2D eigenvalue weighted by Crippen LogP contribution is 2.42. The number of nitrogens with zero attached hydrogens (tertiary/aromatic N) is 5. The van der Waals surface area contributed by atoms with Crippen LogP contribution in [0.5, 0.6) is 5.88 Å². The number of carboxylic acid groups (broad SMARTS) is 1. The number of carboxylic acids is 1. The van der Waals surface area contributed by atoms with Crippen molar-refractivity contribution in [2.45, 2.75) is 51.6 Å². The smallest absolute Gasteiger partial charge is 0.304 e. The van der Waals surface area contributed by atoms with Crippen molar-refractivity contribution in [2.75, 3.05) is 6.54 Å². The highest BCUT2D eigenvalue weighted by Gasteiger charge is 2.35. The molecule has 5 aromatic rings. The Hall–Kier alpha value is -3.82. The van der Waals surface area contributed by atoms with Crippen molar-refractivity contribution in [3.8, 4) is 5.88 Å². The van der Waals surface area contributed by atoms with Gasteiger partial charge >= 0.3 is 5.97 Å². The molecular formula is C32H33N5O3S. The average Bonchev–Trinajstić information content (AvgIpc) is 3.60. The summed E-state index contributed by atoms with van der Waals surface area (Å²) in [4.78, 5) is 19.2. The number of aryl methyl sites for hydroxylation is 2. The number of thiophene rings is 1. The van der Waals surface area contributed by atoms with Gasteiger partial charge in [0.15, 0.2) is 0 Å². The van der Waals surface area contributed by atoms with Crippen LogP contribution in [0.2, 0.25) is 0 Å². The van der Waals surface area contributed by atoms with Crippen LogP contribution in [0, 0.1) is 18.8 Å². The molecule has 2 aliphatic rings. The second-order valence-corrected chi connectivity index (χ2v) is 12.7. The number of hydrogen-bond donors (Lipinski definition) is 2. The molecule has 0 amide bonds. The molecule has 2 aromatic carbocycles. The second kappa shape index (κ2) is 10.2. The number of pyridine rings is 1. The van der Waals surface area contributed by atoms with Crippen molar-refractivity contribution in [1.82, 2.24) is 24.9 Å². The first kappa shape index (κ1) is 26.1. The largest absolute Gasteiger partial charge is 0.493 e. The van der Waals surface area contributed by atoms with Crippen LogP contribution in [-0.4, -0.2) is 47.6 Å². The van der Waals surface area contributed by atoms with Crippen molar-refractivity contribution in [1.29, 1.82) is 0 Å². The number of hydrogen-bond acceptors (Lipinski definition) is 7. The number of carbonyl (C=O) groups is 1. The lowest BCUT2D eigenvalue weighted by Gasteiger charge is -2.26. The maximum absolute atomic E-state index is 12.2. The fourth-order valence-electron chi connectivity index (χ4n) is 6.75. The van der Waals surface area contributed by atoms with E-state index in [0.717, 1.165) is 64.2 Å². The summed E-state index contributed by atoms with van der Waals surface area (Å²) in [5, 5.41) is 31.9. The average molecular weight is 568 g/mol. The number of rotatable bonds is 7. The third-order valence-corrected chi connectivity index (χ3v) is 9.98. The minimum Gasteiger partial charge on any atom is -0.493 e. The zero-order valence-corrected chi connectivity index (χ0v) is 24.1. The van der Waals surface area contributed by atoms with Crippen LogP contribution in [-0.2, 0) is 31.4 Å². The van der Waals surface area contributed by atoms with Crippen molar-refractivity contribution < 1.29 is 15.0 Å². The molecule has 0 spiro atoms. The van der Waals surface area contributed by atoms with Gasteiger partial charge in [-0.05, 0) is 94.8 Å². The lowest BCUT2D eigenvalue weighted by molar-refractivity contribution is -0.137. The Morgan fingerprint density at radius 2 is 2.00 bits per heavy atom. The van der Waals surface area contributed by atoms with E-state index in [1.807, 2.05) is 32.2 Å². The molecule has 210 valence electrons. The molecule has 0 radical (unpaired) electrons. The van der Waals surface area contributed by atoms with Gasteiger partial charge in [-0.1, -0.05) is 23.4 Å². The van der Waals surface area contributed by atoms with E-state index in [1.165, 1.54) is 28.7 Å². The molecule has 9 heteroatoms. The molecule has 41 heavy (non-hydrogen) atoms. The van der Waals surface area contributed by atoms with Crippen LogP contribution in [0.1, 0.15) is 58.7 Å². The fourth-order valence-corrected chi connectivity index (χ4v) is 7.64. The van der Waals surface area contributed by atoms with Crippen molar-refractivity contribution in [3.05, 3.63) is 81.4 Å². The van der Waals surface area contributed by atoms with E-state index >= 15 is 0 Å². The number of aliphatic carboxylic acids is 1. The molecule has 7 rings (SSSR count). The molecule has 3 aromatic heterocycles. The van der Waals surface area contributed by atoms with E-state index < -0.39 is 5.97 Å². The van der Waals surface area contributed by atoms with Gasteiger partial charge in [0.1, 0.15) is 5.52 Å². The molecule has 0 unspecified atom stereocenters. The fraction of sp³-hybridized carbons (Fsp3) is 0.375. The van der Waals surface area contributed by atoms with Crippen LogP contribution in [0.4, 0.5) is 0 Å². The monoisotopic (exact) mass is 567 g/mol. The van der Waals surface area contributed by atoms with E-state index in [9.17, 15) is 15.0 Å². The predicted molar refractivity (Wildman–Crippen MR) is 159 cm³/mol. The molecule has 8 nitrogen and oxygen atoms in total. The minimum absolute atomic E-state index is 0.00820. The van der Waals surface area contributed by atoms with Gasteiger partial charge in [-0.25, -0.2) is 9.67 Å². The summed E-state index contributed by atoms with van der Waals surface area (Å²) in [6.45, 7) is 4.43. The highest BCUT2D eigenvalue weighted by atomic mass is 32.1. The summed E-state index contributed by atoms with van der Waals surface area (Å²) in [6.07, 6.45) is 3.57. The number of benzene rings is 2. The first-order valence-corrected chi connectivity index (χ1v) is 15.1. The Kier molecular flexibility index (Phi) is 6.51. The van der Waals surface area contributed by atoms with Gasteiger partial charge in [0.25, 0.3) is 0 Å². The lowest BCUT2D eigenvalue weighted by Crippen LogP contribution is -2.28. The van der Waals surface area contributed by atoms with E-state index in [4.69, 9.17) is 0 Å². The Morgan fingerprint density at radius 1 is 1.15 bits per heavy atom. The zero-order valence-electron chi connectivity index (χ0n) is 23.2. The number of aromatic hydroxyl groups is 1. The predicted octanol–water partition coefficient (Wildman–Crippen LogP) is 5.78. The quantitative estimate of drug-likeness (QED) is 0.257. The number of aromatic nitrogens is 4. The van der Waals surface area contributed by atoms with Gasteiger partial charge in [-0.2, -0.15) is 0 Å². The molecule has 1 aliphatic heterocycles. The molecule has 2 atom stereocenters. The van der Waals surface area contributed by atoms with Crippen LogP contribution in [0.25, 0.3) is 21.1 Å². The third kappa shape index (κ3) is 4.97. The van der Waals surface area contributed by atoms with Crippen molar-refractivity contribution in [2.24, 2.45) is 18.9 Å². The zero-order chi connectivity index (χ0) is 28.2. The molecule has 1 saturated carbocycles. The van der Waals surface area contributed by atoms with Crippen LogP contribution >= 0.6 is 11.3 Å². The molecule has 0 bridgehead atoms. The topological polar surface area (TPSA) is 104 Å². The number of fused-ring (bicyclic) bond motifs is 3. The molecular weight excluding hydrogens is 534 g/mol. The van der Waals surface area contributed by atoms with Gasteiger partial charge in [-0.3, -0.25) is 9.69 Å². The van der Waals surface area contributed by atoms with Gasteiger partial charge in [0.2, 0.25) is 5.88 Å². The van der Waals surface area contributed by atoms with Gasteiger partial charge in [0.05, 0.1) is 17.6 Å². The molecule has 1 aliphatic carbocycles. The Balaban J connectivity index is 1.29. The second-order valence-electron chi connectivity index (χ2n) is 11.8.